The number of nitrogens with one attached hydrogen (secondary N) is 1. The molecule has 2 aromatic rings. The highest BCUT2D eigenvalue weighted by Crippen LogP contribution is 2.35. The van der Waals surface area contributed by atoms with Crippen molar-refractivity contribution in [3.05, 3.63) is 33.9 Å². The van der Waals surface area contributed by atoms with E-state index in [1.54, 1.807) is 6.20 Å². The third kappa shape index (κ3) is 1.76. The molecule has 0 saturated heterocycles. The maximum absolute atomic E-state index is 12.5. The summed E-state index contributed by atoms with van der Waals surface area (Å²) in [5, 5.41) is 0.794. The number of aromatic amines is 1. The fraction of sp³-hybridized carbons (Fsp3) is 0.200. The van der Waals surface area contributed by atoms with Crippen LogP contribution in [0.2, 0.25) is 0 Å². The van der Waals surface area contributed by atoms with Crippen LogP contribution in [-0.2, 0) is 6.18 Å². The third-order valence-corrected chi connectivity index (χ3v) is 2.88. The highest BCUT2D eigenvalue weighted by Gasteiger charge is 2.31. The van der Waals surface area contributed by atoms with Crippen LogP contribution >= 0.6 is 15.9 Å². The first-order valence-corrected chi connectivity index (χ1v) is 5.03. The minimum atomic E-state index is -4.31. The van der Waals surface area contributed by atoms with Gasteiger partial charge in [-0.1, -0.05) is 15.9 Å². The molecule has 0 atom stereocenters. The smallest absolute Gasteiger partial charge is 0.361 e. The first-order valence-electron chi connectivity index (χ1n) is 4.24. The lowest BCUT2D eigenvalue weighted by molar-refractivity contribution is -0.137. The van der Waals surface area contributed by atoms with E-state index in [0.717, 1.165) is 23.1 Å². The van der Waals surface area contributed by atoms with Gasteiger partial charge in [0.25, 0.3) is 0 Å². The summed E-state index contributed by atoms with van der Waals surface area (Å²) in [4.78, 5) is 2.81. The number of aryl methyl sites for hydroxylation is 1. The summed E-state index contributed by atoms with van der Waals surface area (Å²) in [5.74, 6) is 0. The number of H-pyrrole nitrogens is 1. The molecule has 1 N–H and O–H groups in total. The van der Waals surface area contributed by atoms with Gasteiger partial charge in [-0.25, -0.2) is 0 Å². The van der Waals surface area contributed by atoms with Crippen molar-refractivity contribution in [2.45, 2.75) is 13.1 Å². The van der Waals surface area contributed by atoms with Gasteiger partial charge in [-0.15, -0.1) is 0 Å². The van der Waals surface area contributed by atoms with E-state index in [-0.39, 0.29) is 0 Å². The first kappa shape index (κ1) is 10.5. The van der Waals surface area contributed by atoms with Crippen molar-refractivity contribution in [3.63, 3.8) is 0 Å². The van der Waals surface area contributed by atoms with E-state index < -0.39 is 11.7 Å². The van der Waals surface area contributed by atoms with E-state index in [1.165, 1.54) is 0 Å². The minimum Gasteiger partial charge on any atom is -0.361 e. The van der Waals surface area contributed by atoms with E-state index in [9.17, 15) is 13.2 Å². The quantitative estimate of drug-likeness (QED) is 0.741. The molecule has 0 aliphatic heterocycles. The molecule has 0 saturated carbocycles. The summed E-state index contributed by atoms with van der Waals surface area (Å²) in [7, 11) is 0. The Hall–Kier alpha value is -0.970. The van der Waals surface area contributed by atoms with Crippen molar-refractivity contribution in [2.24, 2.45) is 0 Å². The maximum atomic E-state index is 12.5. The zero-order valence-corrected chi connectivity index (χ0v) is 9.33. The molecule has 2 rings (SSSR count). The Bertz CT molecular complexity index is 513. The highest BCUT2D eigenvalue weighted by molar-refractivity contribution is 9.10. The number of hydrogen-bond donors (Lipinski definition) is 1. The van der Waals surface area contributed by atoms with Crippen molar-refractivity contribution in [3.8, 4) is 0 Å². The lowest BCUT2D eigenvalue weighted by atomic mass is 10.1. The Balaban J connectivity index is 2.74. The number of benzene rings is 1. The number of alkyl halides is 3. The maximum Gasteiger partial charge on any atom is 0.416 e. The van der Waals surface area contributed by atoms with E-state index in [4.69, 9.17) is 0 Å². The molecule has 0 unspecified atom stereocenters. The molecule has 1 aromatic carbocycles. The van der Waals surface area contributed by atoms with Crippen LogP contribution in [0.1, 0.15) is 11.1 Å². The van der Waals surface area contributed by atoms with E-state index in [0.29, 0.717) is 9.99 Å². The molecule has 80 valence electrons. The van der Waals surface area contributed by atoms with Gasteiger partial charge in [0.15, 0.2) is 0 Å². The molecule has 1 aromatic heterocycles. The first-order chi connectivity index (χ1) is 6.89. The second-order valence-electron chi connectivity index (χ2n) is 3.35. The third-order valence-electron chi connectivity index (χ3n) is 2.26. The van der Waals surface area contributed by atoms with Gasteiger partial charge in [0, 0.05) is 21.6 Å². The highest BCUT2D eigenvalue weighted by atomic mass is 79.9. The summed E-state index contributed by atoms with van der Waals surface area (Å²) < 4.78 is 37.9. The predicted molar refractivity (Wildman–Crippen MR) is 55.7 cm³/mol. The molecule has 0 amide bonds. The Kier molecular flexibility index (Phi) is 2.30. The van der Waals surface area contributed by atoms with E-state index in [2.05, 4.69) is 20.9 Å². The molecule has 15 heavy (non-hydrogen) atoms. The second kappa shape index (κ2) is 3.27. The van der Waals surface area contributed by atoms with Gasteiger partial charge in [0.1, 0.15) is 0 Å². The fourth-order valence-electron chi connectivity index (χ4n) is 1.54. The minimum absolute atomic E-state index is 0.464. The summed E-state index contributed by atoms with van der Waals surface area (Å²) >= 11 is 3.15. The van der Waals surface area contributed by atoms with Crippen molar-refractivity contribution in [1.29, 1.82) is 0 Å². The second-order valence-corrected chi connectivity index (χ2v) is 4.20. The number of fused-ring (bicyclic) bond motifs is 1. The van der Waals surface area contributed by atoms with Crippen molar-refractivity contribution in [1.82, 2.24) is 4.98 Å². The normalized spacial score (nSPS) is 12.3. The number of halogens is 4. The molecular weight excluding hydrogens is 271 g/mol. The Morgan fingerprint density at radius 3 is 2.53 bits per heavy atom. The van der Waals surface area contributed by atoms with Gasteiger partial charge < -0.3 is 4.98 Å². The monoisotopic (exact) mass is 277 g/mol. The topological polar surface area (TPSA) is 15.8 Å². The summed E-state index contributed by atoms with van der Waals surface area (Å²) in [6.45, 7) is 1.84. The molecule has 0 aliphatic carbocycles. The summed E-state index contributed by atoms with van der Waals surface area (Å²) in [6.07, 6.45) is -2.62. The van der Waals surface area contributed by atoms with Crippen LogP contribution in [0.25, 0.3) is 10.9 Å². The Morgan fingerprint density at radius 2 is 1.93 bits per heavy atom. The predicted octanol–water partition coefficient (Wildman–Crippen LogP) is 4.26. The lowest BCUT2D eigenvalue weighted by Crippen LogP contribution is -2.04. The van der Waals surface area contributed by atoms with Crippen molar-refractivity contribution < 1.29 is 13.2 Å². The van der Waals surface area contributed by atoms with Crippen LogP contribution in [-0.4, -0.2) is 4.98 Å². The van der Waals surface area contributed by atoms with Gasteiger partial charge in [-0.05, 0) is 24.6 Å². The molecular formula is C10H7BrF3N. The van der Waals surface area contributed by atoms with Gasteiger partial charge in [-0.2, -0.15) is 13.2 Å². The Labute approximate surface area is 92.4 Å². The average molecular weight is 278 g/mol. The Morgan fingerprint density at radius 1 is 1.27 bits per heavy atom. The molecule has 0 aliphatic rings. The number of aromatic nitrogens is 1. The molecule has 0 bridgehead atoms. The van der Waals surface area contributed by atoms with Gasteiger partial charge >= 0.3 is 6.18 Å². The van der Waals surface area contributed by atoms with Crippen LogP contribution in [0, 0.1) is 6.92 Å². The van der Waals surface area contributed by atoms with Crippen LogP contribution < -0.4 is 0 Å². The van der Waals surface area contributed by atoms with Crippen LogP contribution in [0.5, 0.6) is 0 Å². The molecule has 0 fully saturated rings. The van der Waals surface area contributed by atoms with Gasteiger partial charge in [0.05, 0.1) is 5.56 Å². The molecule has 1 nitrogen and oxygen atoms in total. The molecule has 0 spiro atoms. The van der Waals surface area contributed by atoms with Gasteiger partial charge in [-0.3, -0.25) is 0 Å². The zero-order valence-electron chi connectivity index (χ0n) is 7.74. The van der Waals surface area contributed by atoms with Gasteiger partial charge in [0.2, 0.25) is 0 Å². The van der Waals surface area contributed by atoms with Crippen LogP contribution in [0.15, 0.2) is 22.8 Å². The number of hydrogen-bond acceptors (Lipinski definition) is 0. The van der Waals surface area contributed by atoms with Crippen molar-refractivity contribution >= 4 is 26.8 Å². The van der Waals surface area contributed by atoms with Crippen LogP contribution in [0.3, 0.4) is 0 Å². The standard InChI is InChI=1S/C10H7BrF3N/c1-5-4-15-8-3-6(10(12,13)14)2-7(11)9(5)8/h2-4,15H,1H3. The van der Waals surface area contributed by atoms with Crippen molar-refractivity contribution in [2.75, 3.05) is 0 Å². The number of rotatable bonds is 0. The van der Waals surface area contributed by atoms with Crippen LogP contribution in [0.4, 0.5) is 13.2 Å². The zero-order chi connectivity index (χ0) is 11.2. The molecule has 1 heterocycles. The SMILES string of the molecule is Cc1c[nH]c2cc(C(F)(F)F)cc(Br)c12. The summed E-state index contributed by atoms with van der Waals surface area (Å²) in [6, 6.07) is 2.22. The van der Waals surface area contributed by atoms with E-state index in [1.807, 2.05) is 6.92 Å². The largest absolute Gasteiger partial charge is 0.416 e. The fourth-order valence-corrected chi connectivity index (χ4v) is 2.32. The van der Waals surface area contributed by atoms with E-state index >= 15 is 0 Å². The summed E-state index contributed by atoms with van der Waals surface area (Å²) in [5.41, 5.74) is 0.767. The molecule has 5 heteroatoms. The lowest BCUT2D eigenvalue weighted by Gasteiger charge is -2.07. The average Bonchev–Trinajstić information content (AvgIpc) is 2.46. The molecule has 0 radical (unpaired) electrons.